The average molecular weight is 588 g/mol. The van der Waals surface area contributed by atoms with Gasteiger partial charge in [-0.1, -0.05) is 39.0 Å². The summed E-state index contributed by atoms with van der Waals surface area (Å²) < 4.78 is 30.8. The zero-order valence-corrected chi connectivity index (χ0v) is 25.2. The summed E-state index contributed by atoms with van der Waals surface area (Å²) in [4.78, 5) is 32.6. The highest BCUT2D eigenvalue weighted by Crippen LogP contribution is 2.35. The third kappa shape index (κ3) is 5.64. The maximum absolute atomic E-state index is 13.8. The molecule has 218 valence electrons. The molecule has 0 atom stereocenters. The fourth-order valence-corrected chi connectivity index (χ4v) is 5.40. The van der Waals surface area contributed by atoms with Crippen LogP contribution in [0.5, 0.6) is 5.75 Å². The molecule has 4 aromatic rings. The van der Waals surface area contributed by atoms with Gasteiger partial charge in [0.05, 0.1) is 22.7 Å². The molecule has 42 heavy (non-hydrogen) atoms. The lowest BCUT2D eigenvalue weighted by molar-refractivity contribution is 0.0989. The van der Waals surface area contributed by atoms with E-state index in [0.29, 0.717) is 36.0 Å². The van der Waals surface area contributed by atoms with E-state index in [1.165, 1.54) is 23.0 Å². The van der Waals surface area contributed by atoms with Crippen LogP contribution in [0, 0.1) is 6.92 Å². The Labute approximate surface area is 244 Å². The van der Waals surface area contributed by atoms with E-state index in [2.05, 4.69) is 36.2 Å². The van der Waals surface area contributed by atoms with Gasteiger partial charge in [0.2, 0.25) is 0 Å². The van der Waals surface area contributed by atoms with E-state index in [0.717, 1.165) is 28.6 Å². The second-order valence-electron chi connectivity index (χ2n) is 11.4. The lowest BCUT2D eigenvalue weighted by Crippen LogP contribution is -2.33. The fraction of sp³-hybridized carbons (Fsp3) is 0.290. The molecule has 1 N–H and O–H groups in total. The van der Waals surface area contributed by atoms with Crippen molar-refractivity contribution in [1.82, 2.24) is 14.8 Å². The Kier molecular flexibility index (Phi) is 7.40. The first-order chi connectivity index (χ1) is 19.7. The highest BCUT2D eigenvalue weighted by Gasteiger charge is 2.28. The van der Waals surface area contributed by atoms with E-state index in [1.54, 1.807) is 18.0 Å². The van der Waals surface area contributed by atoms with E-state index in [9.17, 15) is 18.0 Å². The molecule has 0 fully saturated rings. The van der Waals surface area contributed by atoms with Crippen LogP contribution in [0.4, 0.5) is 17.2 Å². The van der Waals surface area contributed by atoms with E-state index in [1.807, 2.05) is 43.3 Å². The number of carbonyl (C=O) groups excluding carboxylic acids is 1. The molecule has 0 aliphatic carbocycles. The Morgan fingerprint density at radius 3 is 2.43 bits per heavy atom. The van der Waals surface area contributed by atoms with Crippen LogP contribution in [0.2, 0.25) is 0 Å². The molecule has 1 amide bonds. The topological polar surface area (TPSA) is 123 Å². The summed E-state index contributed by atoms with van der Waals surface area (Å²) in [5.41, 5.74) is 4.14. The van der Waals surface area contributed by atoms with Crippen LogP contribution in [0.25, 0.3) is 11.3 Å². The van der Waals surface area contributed by atoms with Gasteiger partial charge in [-0.15, -0.1) is 0 Å². The summed E-state index contributed by atoms with van der Waals surface area (Å²) in [6.07, 6.45) is 2.34. The molecule has 2 aromatic heterocycles. The molecule has 0 saturated carbocycles. The van der Waals surface area contributed by atoms with Gasteiger partial charge in [-0.05, 0) is 59.9 Å². The number of hydrogen-bond acceptors (Lipinski definition) is 8. The third-order valence-corrected chi connectivity index (χ3v) is 8.36. The minimum atomic E-state index is -3.40. The Bertz CT molecular complexity index is 1860. The van der Waals surface area contributed by atoms with Crippen LogP contribution in [0.3, 0.4) is 0 Å². The second-order valence-corrected chi connectivity index (χ2v) is 13.4. The van der Waals surface area contributed by atoms with Gasteiger partial charge in [-0.3, -0.25) is 9.59 Å². The minimum absolute atomic E-state index is 0.0783. The van der Waals surface area contributed by atoms with Crippen molar-refractivity contribution >= 4 is 32.9 Å². The zero-order valence-electron chi connectivity index (χ0n) is 24.4. The van der Waals surface area contributed by atoms with Gasteiger partial charge in [0.25, 0.3) is 11.5 Å². The molecule has 0 radical (unpaired) electrons. The average Bonchev–Trinajstić information content (AvgIpc) is 3.09. The molecule has 2 aromatic carbocycles. The van der Waals surface area contributed by atoms with Crippen LogP contribution in [0.1, 0.15) is 42.3 Å². The van der Waals surface area contributed by atoms with Gasteiger partial charge in [0.15, 0.2) is 9.84 Å². The van der Waals surface area contributed by atoms with Crippen LogP contribution in [-0.2, 0) is 22.3 Å². The van der Waals surface area contributed by atoms with Gasteiger partial charge in [0.1, 0.15) is 23.9 Å². The SMILES string of the molecule is Cc1c(-c2cc(Nc3ccc(S(C)(=O)=O)cn3)c(=O)n(C)n2)cccc1N1CCOc2cc(C(C)(C)C)ccc2C1=O. The van der Waals surface area contributed by atoms with Crippen LogP contribution < -0.4 is 20.5 Å². The van der Waals surface area contributed by atoms with E-state index in [-0.39, 0.29) is 27.5 Å². The summed E-state index contributed by atoms with van der Waals surface area (Å²) in [5, 5.41) is 7.46. The number of nitrogens with one attached hydrogen (secondary N) is 1. The normalized spacial score (nSPS) is 13.8. The molecule has 1 aliphatic heterocycles. The van der Waals surface area contributed by atoms with Crippen molar-refractivity contribution < 1.29 is 17.9 Å². The van der Waals surface area contributed by atoms with Gasteiger partial charge < -0.3 is 15.0 Å². The number of ether oxygens (including phenoxy) is 1. The quantitative estimate of drug-likeness (QED) is 0.358. The number of nitrogens with zero attached hydrogens (tertiary/aromatic N) is 4. The monoisotopic (exact) mass is 587 g/mol. The molecule has 0 unspecified atom stereocenters. The van der Waals surface area contributed by atoms with E-state index in [4.69, 9.17) is 4.74 Å². The van der Waals surface area contributed by atoms with Crippen molar-refractivity contribution in [2.24, 2.45) is 7.05 Å². The molecule has 0 saturated heterocycles. The minimum Gasteiger partial charge on any atom is -0.491 e. The number of sulfone groups is 1. The van der Waals surface area contributed by atoms with Crippen LogP contribution in [0.15, 0.2) is 70.5 Å². The van der Waals surface area contributed by atoms with Crippen LogP contribution >= 0.6 is 0 Å². The first kappa shape index (κ1) is 29.0. The van der Waals surface area contributed by atoms with Crippen molar-refractivity contribution in [1.29, 1.82) is 0 Å². The number of rotatable bonds is 5. The number of benzene rings is 2. The first-order valence-electron chi connectivity index (χ1n) is 13.4. The molecule has 1 aliphatic rings. The molecule has 5 rings (SSSR count). The standard InChI is InChI=1S/C31H33N5O5S/c1-19-22(24-17-25(30(38)35(5)34-24)33-28-13-11-21(18-32-28)42(6,39)40)8-7-9-26(19)36-14-15-41-27-16-20(31(2,3)4)10-12-23(27)29(36)37/h7-13,16-18H,14-15H2,1-6H3,(H,32,33). The van der Waals surface area contributed by atoms with E-state index < -0.39 is 9.84 Å². The molecule has 3 heterocycles. The summed E-state index contributed by atoms with van der Waals surface area (Å²) >= 11 is 0. The number of aryl methyl sites for hydroxylation is 1. The summed E-state index contributed by atoms with van der Waals surface area (Å²) in [5.74, 6) is 0.741. The summed E-state index contributed by atoms with van der Waals surface area (Å²) in [6.45, 7) is 8.98. The number of fused-ring (bicyclic) bond motifs is 1. The van der Waals surface area contributed by atoms with Crippen molar-refractivity contribution in [3.05, 3.63) is 87.8 Å². The maximum atomic E-state index is 13.8. The summed E-state index contributed by atoms with van der Waals surface area (Å²) in [6, 6.07) is 15.9. The highest BCUT2D eigenvalue weighted by molar-refractivity contribution is 7.90. The predicted molar refractivity (Wildman–Crippen MR) is 163 cm³/mol. The molecule has 0 bridgehead atoms. The van der Waals surface area contributed by atoms with Crippen molar-refractivity contribution in [3.8, 4) is 17.0 Å². The number of hydrogen-bond donors (Lipinski definition) is 1. The zero-order chi connectivity index (χ0) is 30.4. The van der Waals surface area contributed by atoms with Crippen LogP contribution in [-0.4, -0.2) is 48.5 Å². The fourth-order valence-electron chi connectivity index (χ4n) is 4.84. The van der Waals surface area contributed by atoms with E-state index >= 15 is 0 Å². The molecule has 0 spiro atoms. The van der Waals surface area contributed by atoms with Gasteiger partial charge in [0, 0.05) is 30.8 Å². The second kappa shape index (κ2) is 10.7. The van der Waals surface area contributed by atoms with Gasteiger partial charge >= 0.3 is 0 Å². The largest absolute Gasteiger partial charge is 0.491 e. The Balaban J connectivity index is 1.50. The van der Waals surface area contributed by atoms with Gasteiger partial charge in [-0.25, -0.2) is 18.1 Å². The van der Waals surface area contributed by atoms with Crippen molar-refractivity contribution in [2.45, 2.75) is 38.0 Å². The Hall–Kier alpha value is -4.51. The number of pyridine rings is 1. The lowest BCUT2D eigenvalue weighted by atomic mass is 9.86. The van der Waals surface area contributed by atoms with Crippen molar-refractivity contribution in [2.75, 3.05) is 29.6 Å². The number of anilines is 3. The molecular weight excluding hydrogens is 554 g/mol. The third-order valence-electron chi connectivity index (χ3n) is 7.26. The first-order valence-corrected chi connectivity index (χ1v) is 15.3. The molecular formula is C31H33N5O5S. The Morgan fingerprint density at radius 1 is 1.00 bits per heavy atom. The van der Waals surface area contributed by atoms with Gasteiger partial charge in [-0.2, -0.15) is 5.10 Å². The number of amides is 1. The molecule has 11 heteroatoms. The van der Waals surface area contributed by atoms with Crippen molar-refractivity contribution in [3.63, 3.8) is 0 Å². The lowest BCUT2D eigenvalue weighted by Gasteiger charge is -2.24. The number of aromatic nitrogens is 3. The summed E-state index contributed by atoms with van der Waals surface area (Å²) in [7, 11) is -1.85. The maximum Gasteiger partial charge on any atom is 0.290 e. The Morgan fingerprint density at radius 2 is 1.76 bits per heavy atom. The number of carbonyl (C=O) groups is 1. The highest BCUT2D eigenvalue weighted by atomic mass is 32.2. The molecule has 10 nitrogen and oxygen atoms in total. The smallest absolute Gasteiger partial charge is 0.290 e. The predicted octanol–water partition coefficient (Wildman–Crippen LogP) is 4.63.